The topological polar surface area (TPSA) is 89.0 Å². The van der Waals surface area contributed by atoms with Gasteiger partial charge in [0.05, 0.1) is 19.4 Å². The minimum absolute atomic E-state index is 0.184. The number of hydrogen-bond donors (Lipinski definition) is 2. The Kier molecular flexibility index (Phi) is 9.22. The van der Waals surface area contributed by atoms with Gasteiger partial charge < -0.3 is 14.8 Å². The predicted octanol–water partition coefficient (Wildman–Crippen LogP) is 4.24. The quantitative estimate of drug-likeness (QED) is 0.332. The number of ether oxygens (including phenoxy) is 2. The fraction of sp³-hybridized carbons (Fsp3) is 0.222. The van der Waals surface area contributed by atoms with Gasteiger partial charge in [-0.05, 0) is 73.0 Å². The summed E-state index contributed by atoms with van der Waals surface area (Å²) < 4.78 is 11.3. The van der Waals surface area contributed by atoms with Crippen molar-refractivity contribution in [3.63, 3.8) is 0 Å². The average Bonchev–Trinajstić information content (AvgIpc) is 2.87. The van der Waals surface area contributed by atoms with E-state index in [1.54, 1.807) is 24.3 Å². The summed E-state index contributed by atoms with van der Waals surface area (Å²) in [6, 6.07) is 22.3. The summed E-state index contributed by atoms with van der Waals surface area (Å²) >= 11 is 0. The molecule has 0 unspecified atom stereocenters. The van der Waals surface area contributed by atoms with Crippen molar-refractivity contribution in [2.24, 2.45) is 5.10 Å². The zero-order valence-electron chi connectivity index (χ0n) is 19.4. The molecule has 176 valence electrons. The van der Waals surface area contributed by atoms with Gasteiger partial charge in [0, 0.05) is 5.56 Å². The minimum Gasteiger partial charge on any atom is -0.494 e. The molecule has 0 saturated heterocycles. The predicted molar refractivity (Wildman–Crippen MR) is 132 cm³/mol. The molecule has 34 heavy (non-hydrogen) atoms. The van der Waals surface area contributed by atoms with Crippen LogP contribution in [0.25, 0.3) is 0 Å². The normalized spacial score (nSPS) is 10.6. The first-order chi connectivity index (χ1) is 16.5. The summed E-state index contributed by atoms with van der Waals surface area (Å²) in [6.07, 6.45) is 2.44. The van der Waals surface area contributed by atoms with Gasteiger partial charge in [-0.3, -0.25) is 9.59 Å². The molecule has 7 heteroatoms. The maximum atomic E-state index is 12.2. The van der Waals surface area contributed by atoms with Crippen LogP contribution in [0, 0.1) is 6.92 Å². The van der Waals surface area contributed by atoms with E-state index in [0.717, 1.165) is 23.3 Å². The van der Waals surface area contributed by atoms with E-state index in [4.69, 9.17) is 9.47 Å². The second-order valence-electron chi connectivity index (χ2n) is 7.69. The summed E-state index contributed by atoms with van der Waals surface area (Å²) in [5.41, 5.74) is 5.97. The van der Waals surface area contributed by atoms with E-state index in [1.807, 2.05) is 50.2 Å². The van der Waals surface area contributed by atoms with E-state index in [-0.39, 0.29) is 12.5 Å². The van der Waals surface area contributed by atoms with Gasteiger partial charge in [0.15, 0.2) is 0 Å². The molecule has 0 aromatic heterocycles. The number of nitrogens with zero attached hydrogens (tertiary/aromatic N) is 1. The van der Waals surface area contributed by atoms with Gasteiger partial charge in [-0.25, -0.2) is 5.43 Å². The SMILES string of the molecule is CCCOc1ccc(C(=O)NCC(=O)N/N=C\c2ccc(OCc3ccc(C)cc3)cc2)cc1. The highest BCUT2D eigenvalue weighted by Crippen LogP contribution is 2.14. The maximum Gasteiger partial charge on any atom is 0.259 e. The molecule has 0 radical (unpaired) electrons. The lowest BCUT2D eigenvalue weighted by Crippen LogP contribution is -2.34. The number of hydrazone groups is 1. The number of carbonyl (C=O) groups excluding carboxylic acids is 2. The lowest BCUT2D eigenvalue weighted by atomic mass is 10.2. The van der Waals surface area contributed by atoms with Gasteiger partial charge in [0.1, 0.15) is 18.1 Å². The number of aryl methyl sites for hydroxylation is 1. The van der Waals surface area contributed by atoms with Crippen LogP contribution in [0.15, 0.2) is 77.9 Å². The van der Waals surface area contributed by atoms with Crippen molar-refractivity contribution in [1.82, 2.24) is 10.7 Å². The van der Waals surface area contributed by atoms with E-state index >= 15 is 0 Å². The lowest BCUT2D eigenvalue weighted by Gasteiger charge is -2.07. The number of benzene rings is 3. The largest absolute Gasteiger partial charge is 0.494 e. The molecule has 0 bridgehead atoms. The number of amides is 2. The maximum absolute atomic E-state index is 12.2. The molecule has 3 aromatic rings. The summed E-state index contributed by atoms with van der Waals surface area (Å²) in [4.78, 5) is 24.1. The first kappa shape index (κ1) is 24.5. The number of rotatable bonds is 11. The first-order valence-corrected chi connectivity index (χ1v) is 11.1. The van der Waals surface area contributed by atoms with Crippen LogP contribution in [0.2, 0.25) is 0 Å². The molecule has 0 heterocycles. The third-order valence-electron chi connectivity index (χ3n) is 4.81. The van der Waals surface area contributed by atoms with Gasteiger partial charge in [-0.15, -0.1) is 0 Å². The highest BCUT2D eigenvalue weighted by molar-refractivity contribution is 5.96. The average molecular weight is 460 g/mol. The van der Waals surface area contributed by atoms with Gasteiger partial charge in [-0.1, -0.05) is 36.8 Å². The second-order valence-corrected chi connectivity index (χ2v) is 7.69. The second kappa shape index (κ2) is 12.8. The Morgan fingerprint density at radius 2 is 1.53 bits per heavy atom. The first-order valence-electron chi connectivity index (χ1n) is 11.1. The molecule has 2 N–H and O–H groups in total. The molecular weight excluding hydrogens is 430 g/mol. The number of hydrogen-bond acceptors (Lipinski definition) is 5. The molecule has 0 fully saturated rings. The monoisotopic (exact) mass is 459 g/mol. The van der Waals surface area contributed by atoms with E-state index < -0.39 is 5.91 Å². The number of nitrogens with one attached hydrogen (secondary N) is 2. The molecule has 3 aromatic carbocycles. The zero-order chi connectivity index (χ0) is 24.2. The highest BCUT2D eigenvalue weighted by atomic mass is 16.5. The van der Waals surface area contributed by atoms with Crippen LogP contribution in [-0.4, -0.2) is 31.2 Å². The van der Waals surface area contributed by atoms with Crippen LogP contribution in [0.3, 0.4) is 0 Å². The Hall–Kier alpha value is -4.13. The van der Waals surface area contributed by atoms with Crippen molar-refractivity contribution in [2.75, 3.05) is 13.2 Å². The summed E-state index contributed by atoms with van der Waals surface area (Å²) in [7, 11) is 0. The van der Waals surface area contributed by atoms with Crippen molar-refractivity contribution in [3.8, 4) is 11.5 Å². The third kappa shape index (κ3) is 8.09. The van der Waals surface area contributed by atoms with Crippen LogP contribution in [0.1, 0.15) is 40.4 Å². The van der Waals surface area contributed by atoms with Crippen LogP contribution in [0.5, 0.6) is 11.5 Å². The van der Waals surface area contributed by atoms with Gasteiger partial charge >= 0.3 is 0 Å². The Labute approximate surface area is 199 Å². The van der Waals surface area contributed by atoms with Crippen molar-refractivity contribution in [1.29, 1.82) is 0 Å². The standard InChI is InChI=1S/C27H29N3O4/c1-3-16-33-24-14-10-23(11-15-24)27(32)28-18-26(31)30-29-17-21-8-12-25(13-9-21)34-19-22-6-4-20(2)5-7-22/h4-15,17H,3,16,18-19H2,1-2H3,(H,28,32)(H,30,31)/b29-17-. The molecule has 2 amide bonds. The Morgan fingerprint density at radius 1 is 0.882 bits per heavy atom. The van der Waals surface area contributed by atoms with Crippen molar-refractivity contribution >= 4 is 18.0 Å². The van der Waals surface area contributed by atoms with E-state index in [9.17, 15) is 9.59 Å². The van der Waals surface area contributed by atoms with E-state index in [1.165, 1.54) is 11.8 Å². The zero-order valence-corrected chi connectivity index (χ0v) is 19.4. The van der Waals surface area contributed by atoms with Crippen molar-refractivity contribution in [2.45, 2.75) is 26.9 Å². The highest BCUT2D eigenvalue weighted by Gasteiger charge is 2.08. The molecule has 0 aliphatic heterocycles. The number of carbonyl (C=O) groups is 2. The third-order valence-corrected chi connectivity index (χ3v) is 4.81. The molecule has 0 spiro atoms. The van der Waals surface area contributed by atoms with Crippen LogP contribution < -0.4 is 20.2 Å². The van der Waals surface area contributed by atoms with Gasteiger partial charge in [-0.2, -0.15) is 5.10 Å². The van der Waals surface area contributed by atoms with Crippen LogP contribution in [-0.2, 0) is 11.4 Å². The van der Waals surface area contributed by atoms with Gasteiger partial charge in [0.2, 0.25) is 0 Å². The summed E-state index contributed by atoms with van der Waals surface area (Å²) in [5.74, 6) is 0.679. The van der Waals surface area contributed by atoms with Crippen LogP contribution >= 0.6 is 0 Å². The summed E-state index contributed by atoms with van der Waals surface area (Å²) in [6.45, 7) is 5.00. The summed E-state index contributed by atoms with van der Waals surface area (Å²) in [5, 5.41) is 6.50. The molecule has 3 rings (SSSR count). The fourth-order valence-corrected chi connectivity index (χ4v) is 2.90. The van der Waals surface area contributed by atoms with Gasteiger partial charge in [0.25, 0.3) is 11.8 Å². The Balaban J connectivity index is 1.38. The van der Waals surface area contributed by atoms with E-state index in [2.05, 4.69) is 28.0 Å². The van der Waals surface area contributed by atoms with Crippen molar-refractivity contribution in [3.05, 3.63) is 95.1 Å². The molecular formula is C27H29N3O4. The molecule has 0 aliphatic carbocycles. The lowest BCUT2D eigenvalue weighted by molar-refractivity contribution is -0.120. The molecule has 0 aliphatic rings. The Morgan fingerprint density at radius 3 is 2.21 bits per heavy atom. The molecule has 7 nitrogen and oxygen atoms in total. The fourth-order valence-electron chi connectivity index (χ4n) is 2.90. The molecule has 0 atom stereocenters. The Bertz CT molecular complexity index is 1090. The molecule has 0 saturated carbocycles. The van der Waals surface area contributed by atoms with Crippen LogP contribution in [0.4, 0.5) is 0 Å². The van der Waals surface area contributed by atoms with E-state index in [0.29, 0.717) is 24.5 Å². The minimum atomic E-state index is -0.425. The van der Waals surface area contributed by atoms with Crippen molar-refractivity contribution < 1.29 is 19.1 Å². The smallest absolute Gasteiger partial charge is 0.259 e.